The van der Waals surface area contributed by atoms with Crippen LogP contribution in [0.15, 0.2) is 69.1 Å². The smallest absolute Gasteiger partial charge is 0.252 e. The second-order valence-corrected chi connectivity index (χ2v) is 6.61. The van der Waals surface area contributed by atoms with E-state index >= 15 is 0 Å². The molecular weight excluding hydrogens is 362 g/mol. The van der Waals surface area contributed by atoms with Crippen molar-refractivity contribution in [2.45, 2.75) is 5.92 Å². The highest BCUT2D eigenvalue weighted by molar-refractivity contribution is 9.10. The van der Waals surface area contributed by atoms with Crippen LogP contribution in [0.25, 0.3) is 0 Å². The lowest BCUT2D eigenvalue weighted by Crippen LogP contribution is -2.28. The Hall–Kier alpha value is -1.85. The summed E-state index contributed by atoms with van der Waals surface area (Å²) in [6, 6.07) is 15.3. The zero-order valence-electron chi connectivity index (χ0n) is 11.7. The zero-order valence-corrected chi connectivity index (χ0v) is 14.1. The third kappa shape index (κ3) is 3.31. The van der Waals surface area contributed by atoms with Crippen molar-refractivity contribution in [2.24, 2.45) is 0 Å². The molecule has 3 rings (SSSR count). The third-order valence-corrected chi connectivity index (χ3v) is 5.04. The van der Waals surface area contributed by atoms with Crippen LogP contribution in [0.4, 0.5) is 0 Å². The molecule has 1 N–H and O–H groups in total. The van der Waals surface area contributed by atoms with Crippen molar-refractivity contribution in [1.82, 2.24) is 5.32 Å². The number of halogens is 1. The van der Waals surface area contributed by atoms with Crippen molar-refractivity contribution in [1.29, 1.82) is 0 Å². The Morgan fingerprint density at radius 2 is 2.05 bits per heavy atom. The van der Waals surface area contributed by atoms with Crippen LogP contribution in [0.5, 0.6) is 0 Å². The topological polar surface area (TPSA) is 42.2 Å². The second kappa shape index (κ2) is 6.94. The van der Waals surface area contributed by atoms with Gasteiger partial charge in [-0.15, -0.1) is 11.3 Å². The molecule has 112 valence electrons. The number of hydrogen-bond donors (Lipinski definition) is 1. The minimum Gasteiger partial charge on any atom is -0.469 e. The summed E-state index contributed by atoms with van der Waals surface area (Å²) in [5.41, 5.74) is 0.631. The van der Waals surface area contributed by atoms with Gasteiger partial charge in [0.05, 0.1) is 17.7 Å². The van der Waals surface area contributed by atoms with Gasteiger partial charge in [0.15, 0.2) is 0 Å². The molecule has 0 aliphatic rings. The highest BCUT2D eigenvalue weighted by Crippen LogP contribution is 2.28. The largest absolute Gasteiger partial charge is 0.469 e. The Morgan fingerprint density at radius 3 is 2.73 bits per heavy atom. The maximum absolute atomic E-state index is 12.3. The first-order valence-corrected chi connectivity index (χ1v) is 8.52. The molecule has 3 aromatic rings. The fourth-order valence-corrected chi connectivity index (χ4v) is 3.56. The van der Waals surface area contributed by atoms with Gasteiger partial charge in [0.25, 0.3) is 5.91 Å². The van der Waals surface area contributed by atoms with Crippen molar-refractivity contribution in [2.75, 3.05) is 6.54 Å². The average Bonchev–Trinajstić information content (AvgIpc) is 3.21. The molecule has 22 heavy (non-hydrogen) atoms. The molecule has 0 aliphatic heterocycles. The Balaban J connectivity index is 1.75. The summed E-state index contributed by atoms with van der Waals surface area (Å²) >= 11 is 5.06. The van der Waals surface area contributed by atoms with Crippen LogP contribution >= 0.6 is 27.3 Å². The van der Waals surface area contributed by atoms with Crippen molar-refractivity contribution >= 4 is 33.2 Å². The van der Waals surface area contributed by atoms with Gasteiger partial charge < -0.3 is 9.73 Å². The quantitative estimate of drug-likeness (QED) is 0.704. The summed E-state index contributed by atoms with van der Waals surface area (Å²) in [5, 5.41) is 5.02. The van der Waals surface area contributed by atoms with E-state index in [2.05, 4.69) is 27.3 Å². The van der Waals surface area contributed by atoms with Crippen molar-refractivity contribution in [3.05, 3.63) is 80.8 Å². The van der Waals surface area contributed by atoms with Crippen molar-refractivity contribution in [3.8, 4) is 0 Å². The van der Waals surface area contributed by atoms with Gasteiger partial charge in [-0.3, -0.25) is 4.79 Å². The fraction of sp³-hybridized carbons (Fsp3) is 0.118. The number of nitrogens with one attached hydrogen (secondary N) is 1. The summed E-state index contributed by atoms with van der Waals surface area (Å²) in [5.74, 6) is 0.789. The summed E-state index contributed by atoms with van der Waals surface area (Å²) < 4.78 is 6.32. The molecule has 1 aromatic carbocycles. The first kappa shape index (κ1) is 15.1. The number of benzene rings is 1. The number of amides is 1. The van der Waals surface area contributed by atoms with Gasteiger partial charge in [-0.05, 0) is 51.6 Å². The van der Waals surface area contributed by atoms with Crippen LogP contribution in [0.1, 0.15) is 26.9 Å². The van der Waals surface area contributed by atoms with E-state index < -0.39 is 0 Å². The summed E-state index contributed by atoms with van der Waals surface area (Å²) in [6.45, 7) is 0.494. The molecule has 0 aliphatic carbocycles. The molecule has 0 spiro atoms. The Bertz CT molecular complexity index is 704. The van der Waals surface area contributed by atoms with Crippen molar-refractivity contribution in [3.63, 3.8) is 0 Å². The van der Waals surface area contributed by atoms with Crippen LogP contribution < -0.4 is 5.32 Å². The van der Waals surface area contributed by atoms with E-state index in [1.165, 1.54) is 4.88 Å². The summed E-state index contributed by atoms with van der Waals surface area (Å²) in [7, 11) is 0. The van der Waals surface area contributed by atoms with Crippen LogP contribution in [0.2, 0.25) is 0 Å². The number of rotatable bonds is 5. The molecular formula is C17H14BrNO2S. The Labute approximate surface area is 141 Å². The van der Waals surface area contributed by atoms with E-state index in [9.17, 15) is 4.79 Å². The maximum Gasteiger partial charge on any atom is 0.252 e. The molecule has 0 saturated carbocycles. The normalized spacial score (nSPS) is 12.0. The molecule has 0 saturated heterocycles. The molecule has 1 unspecified atom stereocenters. The lowest BCUT2D eigenvalue weighted by atomic mass is 10.0. The molecule has 2 heterocycles. The van der Waals surface area contributed by atoms with E-state index in [4.69, 9.17) is 4.42 Å². The van der Waals surface area contributed by atoms with Crippen LogP contribution in [-0.2, 0) is 0 Å². The van der Waals surface area contributed by atoms with Gasteiger partial charge in [-0.1, -0.05) is 18.2 Å². The third-order valence-electron chi connectivity index (χ3n) is 3.36. The minimum absolute atomic E-state index is 0.0291. The summed E-state index contributed by atoms with van der Waals surface area (Å²) in [4.78, 5) is 13.5. The lowest BCUT2D eigenvalue weighted by Gasteiger charge is -2.14. The van der Waals surface area contributed by atoms with Crippen molar-refractivity contribution < 1.29 is 9.21 Å². The highest BCUT2D eigenvalue weighted by atomic mass is 79.9. The SMILES string of the molecule is O=C(NCC(c1ccco1)c1cccs1)c1ccccc1Br. The fourth-order valence-electron chi connectivity index (χ4n) is 2.26. The average molecular weight is 376 g/mol. The predicted octanol–water partition coefficient (Wildman–Crippen LogP) is 4.67. The van der Waals surface area contributed by atoms with Gasteiger partial charge in [0, 0.05) is 15.9 Å². The molecule has 0 bridgehead atoms. The molecule has 1 amide bonds. The maximum atomic E-state index is 12.3. The lowest BCUT2D eigenvalue weighted by molar-refractivity contribution is 0.0951. The number of hydrogen-bond acceptors (Lipinski definition) is 3. The Morgan fingerprint density at radius 1 is 1.18 bits per heavy atom. The van der Waals surface area contributed by atoms with Crippen LogP contribution in [0, 0.1) is 0 Å². The molecule has 0 radical (unpaired) electrons. The standard InChI is InChI=1S/C17H14BrNO2S/c18-14-6-2-1-5-12(14)17(20)19-11-13(15-7-3-9-21-15)16-8-4-10-22-16/h1-10,13H,11H2,(H,19,20). The van der Waals surface area contributed by atoms with Gasteiger partial charge in [0.2, 0.25) is 0 Å². The van der Waals surface area contributed by atoms with E-state index in [1.807, 2.05) is 41.8 Å². The van der Waals surface area contributed by atoms with E-state index in [1.54, 1.807) is 23.7 Å². The Kier molecular flexibility index (Phi) is 4.75. The summed E-state index contributed by atoms with van der Waals surface area (Å²) in [6.07, 6.45) is 1.66. The van der Waals surface area contributed by atoms with Crippen LogP contribution in [-0.4, -0.2) is 12.5 Å². The number of thiophene rings is 1. The van der Waals surface area contributed by atoms with Gasteiger partial charge in [0.1, 0.15) is 5.76 Å². The predicted molar refractivity (Wildman–Crippen MR) is 91.3 cm³/mol. The molecule has 3 nitrogen and oxygen atoms in total. The first-order chi connectivity index (χ1) is 10.8. The number of carbonyl (C=O) groups is 1. The molecule has 2 aromatic heterocycles. The first-order valence-electron chi connectivity index (χ1n) is 6.85. The van der Waals surface area contributed by atoms with E-state index in [0.717, 1.165) is 10.2 Å². The monoisotopic (exact) mass is 375 g/mol. The zero-order chi connectivity index (χ0) is 15.4. The van der Waals surface area contributed by atoms with Gasteiger partial charge in [-0.2, -0.15) is 0 Å². The van der Waals surface area contributed by atoms with E-state index in [0.29, 0.717) is 12.1 Å². The molecule has 1 atom stereocenters. The van der Waals surface area contributed by atoms with Gasteiger partial charge >= 0.3 is 0 Å². The van der Waals surface area contributed by atoms with Gasteiger partial charge in [-0.25, -0.2) is 0 Å². The number of carbonyl (C=O) groups excluding carboxylic acids is 1. The van der Waals surface area contributed by atoms with Crippen LogP contribution in [0.3, 0.4) is 0 Å². The molecule has 0 fully saturated rings. The minimum atomic E-state index is -0.0967. The number of furan rings is 1. The van der Waals surface area contributed by atoms with E-state index in [-0.39, 0.29) is 11.8 Å². The highest BCUT2D eigenvalue weighted by Gasteiger charge is 2.19. The molecule has 5 heteroatoms. The second-order valence-electron chi connectivity index (χ2n) is 4.77.